The van der Waals surface area contributed by atoms with Gasteiger partial charge in [-0.05, 0) is 24.5 Å². The number of hydrogen-bond donors (Lipinski definition) is 2. The molecule has 1 aliphatic carbocycles. The number of anilines is 1. The Morgan fingerprint density at radius 2 is 2.05 bits per heavy atom. The Balaban J connectivity index is 1.93. The minimum atomic E-state index is -3.48. The van der Waals surface area contributed by atoms with Gasteiger partial charge in [0, 0.05) is 19.8 Å². The van der Waals surface area contributed by atoms with E-state index in [9.17, 15) is 8.42 Å². The van der Waals surface area contributed by atoms with Gasteiger partial charge in [-0.15, -0.1) is 0 Å². The van der Waals surface area contributed by atoms with Crippen molar-refractivity contribution in [1.29, 1.82) is 0 Å². The van der Waals surface area contributed by atoms with Gasteiger partial charge in [-0.1, -0.05) is 32.1 Å². The number of nitrogens with zero attached hydrogens (tertiary/aromatic N) is 1. The first-order valence-electron chi connectivity index (χ1n) is 7.26. The van der Waals surface area contributed by atoms with Gasteiger partial charge in [0.25, 0.3) is 0 Å². The van der Waals surface area contributed by atoms with Gasteiger partial charge in [0.2, 0.25) is 10.0 Å². The molecule has 1 heterocycles. The van der Waals surface area contributed by atoms with Gasteiger partial charge in [0.1, 0.15) is 10.7 Å². The molecule has 0 atom stereocenters. The molecule has 0 aliphatic heterocycles. The van der Waals surface area contributed by atoms with Crippen molar-refractivity contribution in [3.63, 3.8) is 0 Å². The average Bonchev–Trinajstić information content (AvgIpc) is 2.48. The van der Waals surface area contributed by atoms with Crippen molar-refractivity contribution in [2.24, 2.45) is 5.92 Å². The third-order valence-corrected chi connectivity index (χ3v) is 5.36. The van der Waals surface area contributed by atoms with Gasteiger partial charge in [-0.25, -0.2) is 18.1 Å². The van der Waals surface area contributed by atoms with Crippen molar-refractivity contribution < 1.29 is 8.42 Å². The maximum Gasteiger partial charge on any atom is 0.244 e. The number of nitrogens with one attached hydrogen (secondary N) is 2. The predicted octanol–water partition coefficient (Wildman–Crippen LogP) is 2.37. The lowest BCUT2D eigenvalue weighted by atomic mass is 9.87. The summed E-state index contributed by atoms with van der Waals surface area (Å²) < 4.78 is 27.2. The quantitative estimate of drug-likeness (QED) is 0.845. The molecule has 0 unspecified atom stereocenters. The number of hydrogen-bond acceptors (Lipinski definition) is 4. The van der Waals surface area contributed by atoms with Crippen LogP contribution in [-0.2, 0) is 10.0 Å². The van der Waals surface area contributed by atoms with Crippen molar-refractivity contribution in [2.45, 2.75) is 43.4 Å². The molecular formula is C14H23N3O2S. The summed E-state index contributed by atoms with van der Waals surface area (Å²) in [4.78, 5) is 4.25. The van der Waals surface area contributed by atoms with Gasteiger partial charge in [-0.3, -0.25) is 0 Å². The van der Waals surface area contributed by atoms with E-state index in [1.54, 1.807) is 25.4 Å². The lowest BCUT2D eigenvalue weighted by Crippen LogP contribution is -2.27. The van der Waals surface area contributed by atoms with E-state index in [4.69, 9.17) is 0 Å². The number of rotatable bonds is 6. The summed E-state index contributed by atoms with van der Waals surface area (Å²) in [6.45, 7) is 0.505. The number of sulfonamides is 1. The molecule has 0 aromatic carbocycles. The standard InChI is InChI=1S/C14H23N3O2S/c1-15-14-13(8-5-10-16-14)20(18,19)17-11-9-12-6-3-2-4-7-12/h5,8,10,12,17H,2-4,6-7,9,11H2,1H3,(H,15,16). The van der Waals surface area contributed by atoms with Crippen molar-refractivity contribution in [1.82, 2.24) is 9.71 Å². The summed E-state index contributed by atoms with van der Waals surface area (Å²) in [6.07, 6.45) is 8.85. The van der Waals surface area contributed by atoms with Crippen LogP contribution >= 0.6 is 0 Å². The lowest BCUT2D eigenvalue weighted by Gasteiger charge is -2.21. The summed E-state index contributed by atoms with van der Waals surface area (Å²) in [5.74, 6) is 1.06. The van der Waals surface area contributed by atoms with Gasteiger partial charge in [0.15, 0.2) is 0 Å². The van der Waals surface area contributed by atoms with E-state index in [1.165, 1.54) is 32.1 Å². The highest BCUT2D eigenvalue weighted by atomic mass is 32.2. The highest BCUT2D eigenvalue weighted by Gasteiger charge is 2.19. The van der Waals surface area contributed by atoms with E-state index in [-0.39, 0.29) is 4.90 Å². The number of aromatic nitrogens is 1. The zero-order valence-corrected chi connectivity index (χ0v) is 12.7. The van der Waals surface area contributed by atoms with E-state index in [1.807, 2.05) is 0 Å². The zero-order chi connectivity index (χ0) is 14.4. The van der Waals surface area contributed by atoms with Crippen LogP contribution in [0.25, 0.3) is 0 Å². The molecule has 1 aromatic rings. The Kier molecular flexibility index (Phi) is 5.37. The molecule has 2 rings (SSSR count). The van der Waals surface area contributed by atoms with Crippen LogP contribution in [0.15, 0.2) is 23.2 Å². The van der Waals surface area contributed by atoms with Crippen LogP contribution in [0.4, 0.5) is 5.82 Å². The fourth-order valence-electron chi connectivity index (χ4n) is 2.75. The summed E-state index contributed by atoms with van der Waals surface area (Å²) >= 11 is 0. The van der Waals surface area contributed by atoms with Crippen LogP contribution in [0, 0.1) is 5.92 Å². The van der Waals surface area contributed by atoms with Gasteiger partial charge < -0.3 is 5.32 Å². The molecule has 1 saturated carbocycles. The Morgan fingerprint density at radius 3 is 2.75 bits per heavy atom. The second-order valence-corrected chi connectivity index (χ2v) is 7.03. The van der Waals surface area contributed by atoms with Gasteiger partial charge >= 0.3 is 0 Å². The number of pyridine rings is 1. The van der Waals surface area contributed by atoms with Crippen LogP contribution in [0.5, 0.6) is 0 Å². The van der Waals surface area contributed by atoms with Crippen LogP contribution in [0.1, 0.15) is 38.5 Å². The predicted molar refractivity (Wildman–Crippen MR) is 80.2 cm³/mol. The highest BCUT2D eigenvalue weighted by molar-refractivity contribution is 7.89. The van der Waals surface area contributed by atoms with Crippen LogP contribution < -0.4 is 10.0 Å². The largest absolute Gasteiger partial charge is 0.372 e. The molecule has 0 spiro atoms. The normalized spacial score (nSPS) is 17.1. The molecular weight excluding hydrogens is 274 g/mol. The van der Waals surface area contributed by atoms with Gasteiger partial charge in [-0.2, -0.15) is 0 Å². The Bertz CT molecular complexity index is 525. The fourth-order valence-corrected chi connectivity index (χ4v) is 3.96. The van der Waals surface area contributed by atoms with E-state index >= 15 is 0 Å². The van der Waals surface area contributed by atoms with Crippen LogP contribution in [0.2, 0.25) is 0 Å². The molecule has 0 radical (unpaired) electrons. The zero-order valence-electron chi connectivity index (χ0n) is 11.9. The fraction of sp³-hybridized carbons (Fsp3) is 0.643. The van der Waals surface area contributed by atoms with E-state index in [0.717, 1.165) is 6.42 Å². The summed E-state index contributed by atoms with van der Waals surface area (Å²) in [7, 11) is -1.81. The van der Waals surface area contributed by atoms with E-state index in [0.29, 0.717) is 18.3 Å². The van der Waals surface area contributed by atoms with Crippen molar-refractivity contribution in [3.05, 3.63) is 18.3 Å². The molecule has 0 saturated heterocycles. The maximum absolute atomic E-state index is 12.3. The third kappa shape index (κ3) is 3.93. The van der Waals surface area contributed by atoms with E-state index < -0.39 is 10.0 Å². The first-order valence-corrected chi connectivity index (χ1v) is 8.74. The molecule has 1 aliphatic rings. The highest BCUT2D eigenvalue weighted by Crippen LogP contribution is 2.26. The third-order valence-electron chi connectivity index (χ3n) is 3.87. The Morgan fingerprint density at radius 1 is 1.30 bits per heavy atom. The second kappa shape index (κ2) is 7.04. The minimum Gasteiger partial charge on any atom is -0.372 e. The maximum atomic E-state index is 12.3. The molecule has 1 aromatic heterocycles. The smallest absolute Gasteiger partial charge is 0.244 e. The molecule has 20 heavy (non-hydrogen) atoms. The van der Waals surface area contributed by atoms with Crippen molar-refractivity contribution >= 4 is 15.8 Å². The molecule has 2 N–H and O–H groups in total. The summed E-state index contributed by atoms with van der Waals surface area (Å²) in [5.41, 5.74) is 0. The SMILES string of the molecule is CNc1ncccc1S(=O)(=O)NCCC1CCCCC1. The molecule has 6 heteroatoms. The molecule has 0 amide bonds. The first kappa shape index (κ1) is 15.3. The Labute approximate surface area is 121 Å². The summed E-state index contributed by atoms with van der Waals surface area (Å²) in [6, 6.07) is 3.21. The molecule has 112 valence electrons. The van der Waals surface area contributed by atoms with Gasteiger partial charge in [0.05, 0.1) is 0 Å². The Hall–Kier alpha value is -1.14. The minimum absolute atomic E-state index is 0.214. The molecule has 0 bridgehead atoms. The molecule has 5 nitrogen and oxygen atoms in total. The first-order chi connectivity index (χ1) is 9.63. The molecule has 1 fully saturated rings. The van der Waals surface area contributed by atoms with E-state index in [2.05, 4.69) is 15.0 Å². The average molecular weight is 297 g/mol. The monoisotopic (exact) mass is 297 g/mol. The van der Waals surface area contributed by atoms with Crippen molar-refractivity contribution in [3.8, 4) is 0 Å². The second-order valence-electron chi connectivity index (χ2n) is 5.29. The van der Waals surface area contributed by atoms with Crippen LogP contribution in [-0.4, -0.2) is 27.0 Å². The topological polar surface area (TPSA) is 71.1 Å². The summed E-state index contributed by atoms with van der Waals surface area (Å²) in [5, 5.41) is 2.81. The lowest BCUT2D eigenvalue weighted by molar-refractivity contribution is 0.339. The van der Waals surface area contributed by atoms with Crippen LogP contribution in [0.3, 0.4) is 0 Å². The van der Waals surface area contributed by atoms with Crippen molar-refractivity contribution in [2.75, 3.05) is 18.9 Å².